The molecule has 0 spiro atoms. The predicted molar refractivity (Wildman–Crippen MR) is 102 cm³/mol. The Bertz CT molecular complexity index is 927. The lowest BCUT2D eigenvalue weighted by molar-refractivity contribution is -0.121. The number of carbonyl (C=O) groups is 3. The van der Waals surface area contributed by atoms with E-state index in [4.69, 9.17) is 23.2 Å². The minimum Gasteiger partial charge on any atom is -0.323 e. The topological polar surface area (TPSA) is 66.5 Å². The van der Waals surface area contributed by atoms with E-state index >= 15 is 0 Å². The highest BCUT2D eigenvalue weighted by atomic mass is 35.5. The van der Waals surface area contributed by atoms with Crippen molar-refractivity contribution in [1.29, 1.82) is 0 Å². The molecule has 7 heteroatoms. The lowest BCUT2D eigenvalue weighted by Crippen LogP contribution is -2.46. The van der Waals surface area contributed by atoms with Crippen molar-refractivity contribution in [3.63, 3.8) is 0 Å². The van der Waals surface area contributed by atoms with E-state index in [0.717, 1.165) is 5.56 Å². The van der Waals surface area contributed by atoms with Crippen LogP contribution in [0.25, 0.3) is 0 Å². The summed E-state index contributed by atoms with van der Waals surface area (Å²) >= 11 is 12.0. The van der Waals surface area contributed by atoms with Crippen LogP contribution in [-0.2, 0) is 9.59 Å². The van der Waals surface area contributed by atoms with Crippen LogP contribution in [0.4, 0.5) is 11.4 Å². The van der Waals surface area contributed by atoms with Gasteiger partial charge in [0.05, 0.1) is 22.0 Å². The Morgan fingerprint density at radius 2 is 1.92 bits per heavy atom. The van der Waals surface area contributed by atoms with E-state index in [1.54, 1.807) is 44.2 Å². The molecule has 2 aromatic rings. The summed E-state index contributed by atoms with van der Waals surface area (Å²) in [6, 6.07) is 9.00. The summed E-state index contributed by atoms with van der Waals surface area (Å²) in [4.78, 5) is 38.9. The molecule has 1 unspecified atom stereocenters. The van der Waals surface area contributed by atoms with E-state index < -0.39 is 23.6 Å². The van der Waals surface area contributed by atoms with Gasteiger partial charge in [-0.1, -0.05) is 42.3 Å². The van der Waals surface area contributed by atoms with E-state index in [-0.39, 0.29) is 0 Å². The molecule has 0 aliphatic carbocycles. The van der Waals surface area contributed by atoms with Crippen molar-refractivity contribution in [2.45, 2.75) is 26.3 Å². The Kier molecular flexibility index (Phi) is 5.03. The first-order valence-electron chi connectivity index (χ1n) is 8.08. The van der Waals surface area contributed by atoms with Gasteiger partial charge in [0, 0.05) is 5.02 Å². The number of hydrogen-bond donors (Lipinski definition) is 1. The summed E-state index contributed by atoms with van der Waals surface area (Å²) in [5.74, 6) is -1.72. The average Bonchev–Trinajstić information content (AvgIpc) is 2.85. The van der Waals surface area contributed by atoms with Crippen molar-refractivity contribution >= 4 is 52.2 Å². The highest BCUT2D eigenvalue weighted by molar-refractivity contribution is 6.53. The highest BCUT2D eigenvalue weighted by Gasteiger charge is 2.42. The van der Waals surface area contributed by atoms with Crippen molar-refractivity contribution in [2.75, 3.05) is 10.2 Å². The number of anilines is 2. The predicted octanol–water partition coefficient (Wildman–Crippen LogP) is 4.25. The van der Waals surface area contributed by atoms with Gasteiger partial charge in [0.1, 0.15) is 6.04 Å². The third-order valence-corrected chi connectivity index (χ3v) is 4.87. The molecule has 0 saturated heterocycles. The number of nitrogens with zero attached hydrogens (tertiary/aromatic N) is 1. The second-order valence-electron chi connectivity index (χ2n) is 6.01. The Hall–Kier alpha value is -2.37. The van der Waals surface area contributed by atoms with Crippen LogP contribution in [0, 0.1) is 6.92 Å². The first-order chi connectivity index (χ1) is 12.3. The maximum absolute atomic E-state index is 12.8. The van der Waals surface area contributed by atoms with Crippen molar-refractivity contribution in [3.8, 4) is 0 Å². The fourth-order valence-electron chi connectivity index (χ4n) is 3.08. The fraction of sp³-hybridized carbons (Fsp3) is 0.211. The maximum Gasteiger partial charge on any atom is 0.300 e. The molecular weight excluding hydrogens is 375 g/mol. The molecule has 0 saturated carbocycles. The molecule has 0 aromatic heterocycles. The van der Waals surface area contributed by atoms with Crippen LogP contribution in [0.2, 0.25) is 10.0 Å². The van der Waals surface area contributed by atoms with Gasteiger partial charge >= 0.3 is 0 Å². The van der Waals surface area contributed by atoms with Gasteiger partial charge in [-0.3, -0.25) is 19.3 Å². The first kappa shape index (κ1) is 18.4. The summed E-state index contributed by atoms with van der Waals surface area (Å²) in [6.45, 7) is 3.58. The van der Waals surface area contributed by atoms with Crippen molar-refractivity contribution in [1.82, 2.24) is 0 Å². The van der Waals surface area contributed by atoms with Crippen molar-refractivity contribution < 1.29 is 14.4 Å². The number of fused-ring (bicyclic) bond motifs is 1. The van der Waals surface area contributed by atoms with Crippen LogP contribution in [0.5, 0.6) is 0 Å². The number of ketones is 1. The number of rotatable bonds is 4. The molecule has 1 heterocycles. The summed E-state index contributed by atoms with van der Waals surface area (Å²) in [5, 5.41) is 3.46. The molecule has 134 valence electrons. The molecule has 26 heavy (non-hydrogen) atoms. The van der Waals surface area contributed by atoms with Crippen molar-refractivity contribution in [2.24, 2.45) is 0 Å². The van der Waals surface area contributed by atoms with Gasteiger partial charge in [0.2, 0.25) is 5.91 Å². The quantitative estimate of drug-likeness (QED) is 0.793. The number of carbonyl (C=O) groups excluding carboxylic acids is 3. The molecule has 1 aliphatic rings. The summed E-state index contributed by atoms with van der Waals surface area (Å²) in [7, 11) is 0. The molecule has 2 aromatic carbocycles. The Labute approximate surface area is 160 Å². The minimum atomic E-state index is -0.833. The monoisotopic (exact) mass is 390 g/mol. The molecule has 1 N–H and O–H groups in total. The van der Waals surface area contributed by atoms with Crippen LogP contribution in [0.15, 0.2) is 36.4 Å². The largest absolute Gasteiger partial charge is 0.323 e. The number of amides is 2. The molecule has 0 radical (unpaired) electrons. The summed E-state index contributed by atoms with van der Waals surface area (Å²) < 4.78 is 0. The van der Waals surface area contributed by atoms with Gasteiger partial charge in [0.15, 0.2) is 0 Å². The molecule has 1 atom stereocenters. The van der Waals surface area contributed by atoms with Gasteiger partial charge in [-0.2, -0.15) is 0 Å². The summed E-state index contributed by atoms with van der Waals surface area (Å²) in [5.41, 5.74) is 1.97. The van der Waals surface area contributed by atoms with E-state index in [9.17, 15) is 14.4 Å². The van der Waals surface area contributed by atoms with Crippen LogP contribution < -0.4 is 10.2 Å². The zero-order valence-electron chi connectivity index (χ0n) is 14.2. The fourth-order valence-corrected chi connectivity index (χ4v) is 3.53. The maximum atomic E-state index is 12.8. The zero-order valence-corrected chi connectivity index (χ0v) is 15.7. The van der Waals surface area contributed by atoms with Gasteiger partial charge in [-0.05, 0) is 43.2 Å². The second-order valence-corrected chi connectivity index (χ2v) is 6.86. The van der Waals surface area contributed by atoms with Crippen LogP contribution in [0.1, 0.15) is 29.3 Å². The number of nitrogens with one attached hydrogen (secondary N) is 1. The lowest BCUT2D eigenvalue weighted by atomic mass is 10.1. The SMILES string of the molecule is CCC(C(=O)Nc1ccc(Cl)cc1Cl)N1C(=O)C(=O)c2cccc(C)c21. The Balaban J connectivity index is 1.95. The minimum absolute atomic E-state index is 0.293. The smallest absolute Gasteiger partial charge is 0.300 e. The Morgan fingerprint density at radius 3 is 2.58 bits per heavy atom. The second kappa shape index (κ2) is 7.09. The molecule has 0 bridgehead atoms. The lowest BCUT2D eigenvalue weighted by Gasteiger charge is -2.27. The average molecular weight is 391 g/mol. The molecular formula is C19H16Cl2N2O3. The van der Waals surface area contributed by atoms with E-state index in [1.807, 2.05) is 0 Å². The highest BCUT2D eigenvalue weighted by Crippen LogP contribution is 2.35. The number of halogens is 2. The summed E-state index contributed by atoms with van der Waals surface area (Å²) in [6.07, 6.45) is 0.337. The van der Waals surface area contributed by atoms with E-state index in [1.165, 1.54) is 11.0 Å². The van der Waals surface area contributed by atoms with E-state index in [0.29, 0.717) is 33.4 Å². The molecule has 1 aliphatic heterocycles. The van der Waals surface area contributed by atoms with Gasteiger partial charge in [-0.25, -0.2) is 0 Å². The van der Waals surface area contributed by atoms with Gasteiger partial charge in [0.25, 0.3) is 11.7 Å². The molecule has 2 amide bonds. The number of para-hydroxylation sites is 1. The third-order valence-electron chi connectivity index (χ3n) is 4.33. The van der Waals surface area contributed by atoms with Gasteiger partial charge < -0.3 is 5.32 Å². The Morgan fingerprint density at radius 1 is 1.19 bits per heavy atom. The zero-order chi connectivity index (χ0) is 19.0. The standard InChI is InChI=1S/C19H16Cl2N2O3/c1-3-15(18(25)22-14-8-7-11(20)9-13(14)21)23-16-10(2)5-4-6-12(16)17(24)19(23)26/h4-9,15H,3H2,1-2H3,(H,22,25). The number of benzene rings is 2. The molecule has 0 fully saturated rings. The number of Topliss-reactive ketones (excluding diaryl/α,β-unsaturated/α-hetero) is 1. The van der Waals surface area contributed by atoms with E-state index in [2.05, 4.69) is 5.32 Å². The first-order valence-corrected chi connectivity index (χ1v) is 8.84. The molecule has 3 rings (SSSR count). The third kappa shape index (κ3) is 3.08. The molecule has 5 nitrogen and oxygen atoms in total. The van der Waals surface area contributed by atoms with Crippen molar-refractivity contribution in [3.05, 3.63) is 57.6 Å². The number of aryl methyl sites for hydroxylation is 1. The van der Waals surface area contributed by atoms with Crippen LogP contribution >= 0.6 is 23.2 Å². The van der Waals surface area contributed by atoms with Gasteiger partial charge in [-0.15, -0.1) is 0 Å². The normalized spacial score (nSPS) is 14.4. The van der Waals surface area contributed by atoms with Crippen LogP contribution in [-0.4, -0.2) is 23.6 Å². The van der Waals surface area contributed by atoms with Crippen LogP contribution in [0.3, 0.4) is 0 Å². The number of hydrogen-bond acceptors (Lipinski definition) is 3.